The van der Waals surface area contributed by atoms with E-state index >= 15 is 0 Å². The fourth-order valence-electron chi connectivity index (χ4n) is 6.99. The summed E-state index contributed by atoms with van der Waals surface area (Å²) in [4.78, 5) is 65.3. The zero-order valence-electron chi connectivity index (χ0n) is 27.1. The summed E-state index contributed by atoms with van der Waals surface area (Å²) >= 11 is 1.51. The Hall–Kier alpha value is -4.32. The normalized spacial score (nSPS) is 27.6. The maximum atomic E-state index is 14.4. The van der Waals surface area contributed by atoms with Crippen LogP contribution in [0.2, 0.25) is 0 Å². The number of hydrogen-bond acceptors (Lipinski definition) is 9. The Labute approximate surface area is 283 Å². The lowest BCUT2D eigenvalue weighted by molar-refractivity contribution is -0.148. The van der Waals surface area contributed by atoms with Crippen LogP contribution < -0.4 is 15.4 Å². The van der Waals surface area contributed by atoms with E-state index in [9.17, 15) is 19.2 Å². The molecule has 48 heavy (non-hydrogen) atoms. The number of thiophene rings is 1. The summed E-state index contributed by atoms with van der Waals surface area (Å²) in [6.07, 6.45) is 12.3. The summed E-state index contributed by atoms with van der Waals surface area (Å²) in [6.45, 7) is 0.147. The summed E-state index contributed by atoms with van der Waals surface area (Å²) in [5.74, 6) is -0.564. The van der Waals surface area contributed by atoms with Gasteiger partial charge in [0, 0.05) is 31.0 Å². The molecule has 3 fully saturated rings. The lowest BCUT2D eigenvalue weighted by atomic mass is 10.0. The van der Waals surface area contributed by atoms with Crippen LogP contribution >= 0.6 is 11.3 Å². The molecule has 0 radical (unpaired) electrons. The second-order valence-corrected chi connectivity index (χ2v) is 14.4. The van der Waals surface area contributed by atoms with Gasteiger partial charge in [-0.05, 0) is 68.0 Å². The van der Waals surface area contributed by atoms with Gasteiger partial charge in [-0.15, -0.1) is 11.3 Å². The van der Waals surface area contributed by atoms with E-state index in [0.29, 0.717) is 42.3 Å². The lowest BCUT2D eigenvalue weighted by Crippen LogP contribution is -2.56. The number of allylic oxidation sites excluding steroid dienone is 1. The Morgan fingerprint density at radius 1 is 1.12 bits per heavy atom. The van der Waals surface area contributed by atoms with Gasteiger partial charge in [0.15, 0.2) is 0 Å². The summed E-state index contributed by atoms with van der Waals surface area (Å²) in [5, 5.41) is 7.96. The van der Waals surface area contributed by atoms with Gasteiger partial charge in [0.1, 0.15) is 29.5 Å². The summed E-state index contributed by atoms with van der Waals surface area (Å²) in [5.41, 5.74) is 0.963. The third-order valence-electron chi connectivity index (χ3n) is 9.89. The zero-order chi connectivity index (χ0) is 33.3. The number of hydrogen-bond donors (Lipinski definition) is 2. The number of pyridine rings is 2. The second-order valence-electron chi connectivity index (χ2n) is 13.4. The van der Waals surface area contributed by atoms with E-state index in [2.05, 4.69) is 21.7 Å². The fraction of sp³-hybridized carbons (Fsp3) is 0.500. The highest BCUT2D eigenvalue weighted by molar-refractivity contribution is 7.17. The van der Waals surface area contributed by atoms with E-state index in [1.807, 2.05) is 41.8 Å². The van der Waals surface area contributed by atoms with Crippen molar-refractivity contribution in [2.24, 2.45) is 11.8 Å². The first kappa shape index (κ1) is 32.2. The van der Waals surface area contributed by atoms with E-state index in [4.69, 9.17) is 14.5 Å². The molecule has 11 nitrogen and oxygen atoms in total. The highest BCUT2D eigenvalue weighted by Gasteiger charge is 2.62. The molecule has 12 heteroatoms. The van der Waals surface area contributed by atoms with Crippen LogP contribution in [-0.2, 0) is 23.9 Å². The van der Waals surface area contributed by atoms with Gasteiger partial charge in [-0.25, -0.2) is 9.78 Å². The SMILES string of the molecule is COC(=O)[C@@]12C[C@H]1C=CCCCCC[C@H](NC(=O)CC1CC1)C(=O)N1C[C@H](Oc3cc(-c4ccccn4)nc4ccsc34)C[C@H]1C(=O)N2. The van der Waals surface area contributed by atoms with Gasteiger partial charge in [-0.2, -0.15) is 0 Å². The van der Waals surface area contributed by atoms with Crippen molar-refractivity contribution in [3.05, 3.63) is 54.1 Å². The molecule has 0 aromatic carbocycles. The third kappa shape index (κ3) is 6.80. The Balaban J connectivity index is 1.19. The molecule has 3 aromatic heterocycles. The molecule has 7 rings (SSSR count). The number of methoxy groups -OCH3 is 1. The monoisotopic (exact) mass is 671 g/mol. The summed E-state index contributed by atoms with van der Waals surface area (Å²) in [6, 6.07) is 7.75. The van der Waals surface area contributed by atoms with E-state index in [1.165, 1.54) is 18.4 Å². The Morgan fingerprint density at radius 3 is 2.79 bits per heavy atom. The minimum absolute atomic E-state index is 0.130. The standard InChI is InChI=1S/C36H41N5O6S/c1-46-35(45)36-20-23(36)9-5-3-2-4-6-11-27(39-31(42)17-22-12-13-22)34(44)41-21-24(18-29(41)33(43)40-36)47-30-19-28(25-10-7-8-15-37-25)38-26-14-16-48-32(26)30/h5,7-10,14-16,19,22-24,27,29H,2-4,6,11-13,17-18,20-21H2,1H3,(H,39,42)(H,40,43)/t23-,24-,27+,29+,36-/m1/s1. The molecule has 0 unspecified atom stereocenters. The summed E-state index contributed by atoms with van der Waals surface area (Å²) < 4.78 is 12.6. The Kier molecular flexibility index (Phi) is 9.17. The fourth-order valence-corrected chi connectivity index (χ4v) is 7.78. The van der Waals surface area contributed by atoms with Crippen molar-refractivity contribution in [2.75, 3.05) is 13.7 Å². The van der Waals surface area contributed by atoms with Gasteiger partial charge in [0.05, 0.1) is 35.3 Å². The lowest BCUT2D eigenvalue weighted by Gasteiger charge is -2.29. The number of ether oxygens (including phenoxy) is 2. The predicted octanol–water partition coefficient (Wildman–Crippen LogP) is 4.56. The minimum Gasteiger partial charge on any atom is -0.487 e. The number of aromatic nitrogens is 2. The Bertz CT molecular complexity index is 1720. The number of nitrogens with one attached hydrogen (secondary N) is 2. The average molecular weight is 672 g/mol. The third-order valence-corrected chi connectivity index (χ3v) is 10.8. The molecule has 3 amide bonds. The number of carbonyl (C=O) groups is 4. The van der Waals surface area contributed by atoms with Gasteiger partial charge < -0.3 is 25.0 Å². The number of esters is 1. The molecule has 2 N–H and O–H groups in total. The first-order chi connectivity index (χ1) is 23.3. The highest BCUT2D eigenvalue weighted by atomic mass is 32.1. The van der Waals surface area contributed by atoms with E-state index in [1.54, 1.807) is 11.1 Å². The van der Waals surface area contributed by atoms with Crippen LogP contribution in [0.1, 0.15) is 64.2 Å². The smallest absolute Gasteiger partial charge is 0.332 e. The van der Waals surface area contributed by atoms with Crippen molar-refractivity contribution >= 4 is 45.2 Å². The van der Waals surface area contributed by atoms with Crippen molar-refractivity contribution in [3.63, 3.8) is 0 Å². The first-order valence-corrected chi connectivity index (χ1v) is 17.9. The predicted molar refractivity (Wildman–Crippen MR) is 180 cm³/mol. The average Bonchev–Trinajstić information content (AvgIpc) is 3.92. The van der Waals surface area contributed by atoms with Crippen molar-refractivity contribution in [1.82, 2.24) is 25.5 Å². The van der Waals surface area contributed by atoms with E-state index in [-0.39, 0.29) is 30.7 Å². The van der Waals surface area contributed by atoms with Gasteiger partial charge in [0.2, 0.25) is 17.7 Å². The Morgan fingerprint density at radius 2 is 2.00 bits per heavy atom. The largest absolute Gasteiger partial charge is 0.487 e. The molecule has 252 valence electrons. The molecule has 0 bridgehead atoms. The van der Waals surface area contributed by atoms with Crippen LogP contribution in [0.15, 0.2) is 54.1 Å². The van der Waals surface area contributed by atoms with Gasteiger partial charge in [0.25, 0.3) is 0 Å². The highest BCUT2D eigenvalue weighted by Crippen LogP contribution is 2.46. The topological polar surface area (TPSA) is 140 Å². The van der Waals surface area contributed by atoms with Crippen molar-refractivity contribution in [3.8, 4) is 17.1 Å². The molecule has 1 saturated heterocycles. The molecule has 0 spiro atoms. The van der Waals surface area contributed by atoms with Crippen LogP contribution in [0, 0.1) is 11.8 Å². The van der Waals surface area contributed by atoms with Crippen molar-refractivity contribution < 1.29 is 28.7 Å². The van der Waals surface area contributed by atoms with Crippen LogP contribution in [0.5, 0.6) is 5.75 Å². The van der Waals surface area contributed by atoms with Gasteiger partial charge in [-0.1, -0.05) is 31.1 Å². The molecule has 4 aliphatic rings. The molecule has 5 atom stereocenters. The molecule has 2 saturated carbocycles. The van der Waals surface area contributed by atoms with Crippen molar-refractivity contribution in [2.45, 2.75) is 87.9 Å². The summed E-state index contributed by atoms with van der Waals surface area (Å²) in [7, 11) is 1.32. The molecule has 2 aliphatic carbocycles. The van der Waals surface area contributed by atoms with Crippen LogP contribution in [0.25, 0.3) is 21.6 Å². The van der Waals surface area contributed by atoms with Crippen LogP contribution in [-0.4, -0.2) is 75.9 Å². The number of fused-ring (bicyclic) bond motifs is 3. The second kappa shape index (κ2) is 13.7. The van der Waals surface area contributed by atoms with Crippen LogP contribution in [0.3, 0.4) is 0 Å². The quantitative estimate of drug-likeness (QED) is 0.275. The number of nitrogens with zero attached hydrogens (tertiary/aromatic N) is 3. The minimum atomic E-state index is -1.17. The van der Waals surface area contributed by atoms with Crippen LogP contribution in [0.4, 0.5) is 0 Å². The molecular weight excluding hydrogens is 630 g/mol. The van der Waals surface area contributed by atoms with E-state index in [0.717, 1.165) is 48.7 Å². The number of rotatable bonds is 7. The van der Waals surface area contributed by atoms with Gasteiger partial charge in [-0.3, -0.25) is 19.4 Å². The maximum absolute atomic E-state index is 14.4. The zero-order valence-corrected chi connectivity index (χ0v) is 27.9. The molecule has 3 aromatic rings. The maximum Gasteiger partial charge on any atom is 0.332 e. The van der Waals surface area contributed by atoms with Gasteiger partial charge >= 0.3 is 5.97 Å². The van der Waals surface area contributed by atoms with E-state index < -0.39 is 35.6 Å². The molecule has 2 aliphatic heterocycles. The number of amides is 3. The molecule has 5 heterocycles. The first-order valence-electron chi connectivity index (χ1n) is 17.0. The molecular formula is C36H41N5O6S. The van der Waals surface area contributed by atoms with Crippen molar-refractivity contribution in [1.29, 1.82) is 0 Å². The number of carbonyl (C=O) groups excluding carboxylic acids is 4.